The number of nitrogens with zero attached hydrogens (tertiary/aromatic N) is 6. The monoisotopic (exact) mass is 455 g/mol. The fraction of sp³-hybridized carbons (Fsp3) is 0.0833. The quantitative estimate of drug-likeness (QED) is 0.437. The number of aryl methyl sites for hydroxylation is 1. The van der Waals surface area contributed by atoms with Crippen LogP contribution in [0.1, 0.15) is 11.4 Å². The van der Waals surface area contributed by atoms with E-state index in [0.717, 1.165) is 22.6 Å². The molecule has 0 fully saturated rings. The number of halogens is 1. The Kier molecular flexibility index (Phi) is 5.27. The minimum Gasteiger partial charge on any atom is -0.368 e. The number of hydrogen-bond acceptors (Lipinski definition) is 7. The molecule has 9 heteroatoms. The summed E-state index contributed by atoms with van der Waals surface area (Å²) in [4.78, 5) is 35.0. The first kappa shape index (κ1) is 20.7. The normalized spacial score (nSPS) is 11.1. The highest BCUT2D eigenvalue weighted by Gasteiger charge is 2.17. The van der Waals surface area contributed by atoms with E-state index in [1.807, 2.05) is 37.3 Å². The lowest BCUT2D eigenvalue weighted by Crippen LogP contribution is -2.24. The number of nitrogen functional groups attached to an aromatic ring is 1. The van der Waals surface area contributed by atoms with Crippen LogP contribution in [0.2, 0.25) is 5.02 Å². The average Bonchev–Trinajstić information content (AvgIpc) is 2.82. The molecule has 5 rings (SSSR count). The lowest BCUT2D eigenvalue weighted by Gasteiger charge is -2.14. The minimum atomic E-state index is -0.253. The lowest BCUT2D eigenvalue weighted by atomic mass is 10.0. The van der Waals surface area contributed by atoms with Crippen LogP contribution in [0.4, 0.5) is 5.95 Å². The van der Waals surface area contributed by atoms with E-state index in [0.29, 0.717) is 27.2 Å². The lowest BCUT2D eigenvalue weighted by molar-refractivity contribution is 0.762. The molecule has 4 heterocycles. The van der Waals surface area contributed by atoms with E-state index in [9.17, 15) is 4.79 Å². The smallest absolute Gasteiger partial charge is 0.260 e. The summed E-state index contributed by atoms with van der Waals surface area (Å²) in [5.41, 5.74) is 10.1. The number of aromatic nitrogens is 6. The van der Waals surface area contributed by atoms with Gasteiger partial charge in [0.25, 0.3) is 5.56 Å². The third kappa shape index (κ3) is 3.92. The van der Waals surface area contributed by atoms with Crippen molar-refractivity contribution in [1.29, 1.82) is 0 Å². The van der Waals surface area contributed by atoms with Gasteiger partial charge in [-0.2, -0.15) is 4.98 Å². The maximum absolute atomic E-state index is 13.6. The Morgan fingerprint density at radius 1 is 0.970 bits per heavy atom. The van der Waals surface area contributed by atoms with Crippen LogP contribution in [-0.2, 0) is 6.54 Å². The van der Waals surface area contributed by atoms with E-state index in [2.05, 4.69) is 24.9 Å². The number of pyridine rings is 2. The van der Waals surface area contributed by atoms with E-state index >= 15 is 0 Å². The molecule has 5 aromatic rings. The predicted octanol–water partition coefficient (Wildman–Crippen LogP) is 3.90. The fourth-order valence-electron chi connectivity index (χ4n) is 3.74. The molecule has 0 saturated carbocycles. The van der Waals surface area contributed by atoms with Crippen molar-refractivity contribution in [2.75, 3.05) is 5.73 Å². The van der Waals surface area contributed by atoms with Crippen LogP contribution in [-0.4, -0.2) is 29.5 Å². The first-order valence-corrected chi connectivity index (χ1v) is 10.5. The van der Waals surface area contributed by atoms with Gasteiger partial charge < -0.3 is 5.73 Å². The number of hydrogen-bond donors (Lipinski definition) is 1. The van der Waals surface area contributed by atoms with Crippen molar-refractivity contribution in [3.63, 3.8) is 0 Å². The zero-order valence-corrected chi connectivity index (χ0v) is 18.4. The number of rotatable bonds is 4. The summed E-state index contributed by atoms with van der Waals surface area (Å²) in [6, 6.07) is 12.8. The summed E-state index contributed by atoms with van der Waals surface area (Å²) in [6.45, 7) is 2.12. The molecule has 2 N–H and O–H groups in total. The molecular formula is C24H18ClN7O. The highest BCUT2D eigenvalue weighted by atomic mass is 35.5. The largest absolute Gasteiger partial charge is 0.368 e. The first-order chi connectivity index (χ1) is 16.0. The summed E-state index contributed by atoms with van der Waals surface area (Å²) in [5, 5.41) is 1.09. The van der Waals surface area contributed by atoms with Gasteiger partial charge in [0.15, 0.2) is 0 Å². The highest BCUT2D eigenvalue weighted by Crippen LogP contribution is 2.32. The second kappa shape index (κ2) is 8.40. The van der Waals surface area contributed by atoms with Crippen molar-refractivity contribution in [3.8, 4) is 22.4 Å². The van der Waals surface area contributed by atoms with Crippen molar-refractivity contribution in [3.05, 3.63) is 94.0 Å². The SMILES string of the molecule is Cc1nccnc1-c1ccc(-c2cc3cnc(N)nc3n(Cc3ccccn3)c2=O)c(Cl)c1. The Hall–Kier alpha value is -4.17. The predicted molar refractivity (Wildman–Crippen MR) is 128 cm³/mol. The van der Waals surface area contributed by atoms with Crippen LogP contribution in [0.5, 0.6) is 0 Å². The summed E-state index contributed by atoms with van der Waals surface area (Å²) in [5.74, 6) is 0.0890. The molecule has 8 nitrogen and oxygen atoms in total. The number of fused-ring (bicyclic) bond motifs is 1. The second-order valence-electron chi connectivity index (χ2n) is 7.46. The van der Waals surface area contributed by atoms with Crippen LogP contribution >= 0.6 is 11.6 Å². The van der Waals surface area contributed by atoms with E-state index in [1.54, 1.807) is 41.5 Å². The fourth-order valence-corrected chi connectivity index (χ4v) is 4.02. The molecule has 0 aliphatic rings. The van der Waals surface area contributed by atoms with Gasteiger partial charge in [0.05, 0.1) is 23.6 Å². The molecule has 0 bridgehead atoms. The number of nitrogens with two attached hydrogens (primary N) is 1. The van der Waals surface area contributed by atoms with Crippen LogP contribution in [0, 0.1) is 6.92 Å². The summed E-state index contributed by atoms with van der Waals surface area (Å²) in [6.07, 6.45) is 6.55. The maximum atomic E-state index is 13.6. The molecule has 0 atom stereocenters. The Balaban J connectivity index is 1.69. The molecule has 0 aliphatic carbocycles. The van der Waals surface area contributed by atoms with E-state index in [4.69, 9.17) is 17.3 Å². The van der Waals surface area contributed by atoms with E-state index in [1.165, 1.54) is 0 Å². The standard InChI is InChI=1S/C24H18ClN7O/c1-14-21(29-9-8-27-14)15-5-6-18(20(25)11-15)19-10-16-12-30-24(26)31-22(16)32(23(19)33)13-17-4-2-3-7-28-17/h2-12H,13H2,1H3,(H2,26,30,31). The third-order valence-electron chi connectivity index (χ3n) is 5.31. The van der Waals surface area contributed by atoms with Gasteiger partial charge in [-0.15, -0.1) is 0 Å². The van der Waals surface area contributed by atoms with Crippen molar-refractivity contribution < 1.29 is 0 Å². The molecular weight excluding hydrogens is 438 g/mol. The number of benzene rings is 1. The van der Waals surface area contributed by atoms with Gasteiger partial charge in [0.1, 0.15) is 5.65 Å². The topological polar surface area (TPSA) is 112 Å². The van der Waals surface area contributed by atoms with E-state index in [-0.39, 0.29) is 18.1 Å². The van der Waals surface area contributed by atoms with Gasteiger partial charge in [-0.05, 0) is 31.2 Å². The van der Waals surface area contributed by atoms with Gasteiger partial charge in [-0.3, -0.25) is 24.3 Å². The third-order valence-corrected chi connectivity index (χ3v) is 5.62. The maximum Gasteiger partial charge on any atom is 0.260 e. The zero-order chi connectivity index (χ0) is 22.9. The van der Waals surface area contributed by atoms with Crippen molar-refractivity contribution in [1.82, 2.24) is 29.5 Å². The Morgan fingerprint density at radius 3 is 2.58 bits per heavy atom. The molecule has 0 amide bonds. The minimum absolute atomic E-state index is 0.0890. The summed E-state index contributed by atoms with van der Waals surface area (Å²) >= 11 is 6.67. The molecule has 0 saturated heterocycles. The molecule has 0 spiro atoms. The molecule has 0 aliphatic heterocycles. The summed E-state index contributed by atoms with van der Waals surface area (Å²) < 4.78 is 1.54. The van der Waals surface area contributed by atoms with Gasteiger partial charge in [0.2, 0.25) is 5.95 Å². The first-order valence-electron chi connectivity index (χ1n) is 10.1. The van der Waals surface area contributed by atoms with Gasteiger partial charge in [-0.1, -0.05) is 29.8 Å². The second-order valence-corrected chi connectivity index (χ2v) is 7.87. The molecule has 33 heavy (non-hydrogen) atoms. The van der Waals surface area contributed by atoms with Crippen LogP contribution in [0.25, 0.3) is 33.4 Å². The Morgan fingerprint density at radius 2 is 1.82 bits per heavy atom. The molecule has 162 valence electrons. The highest BCUT2D eigenvalue weighted by molar-refractivity contribution is 6.33. The summed E-state index contributed by atoms with van der Waals surface area (Å²) in [7, 11) is 0. The van der Waals surface area contributed by atoms with E-state index < -0.39 is 0 Å². The molecule has 0 unspecified atom stereocenters. The van der Waals surface area contributed by atoms with Crippen LogP contribution < -0.4 is 11.3 Å². The van der Waals surface area contributed by atoms with Gasteiger partial charge >= 0.3 is 0 Å². The molecule has 4 aromatic heterocycles. The molecule has 0 radical (unpaired) electrons. The van der Waals surface area contributed by atoms with Crippen molar-refractivity contribution in [2.24, 2.45) is 0 Å². The van der Waals surface area contributed by atoms with Crippen LogP contribution in [0.3, 0.4) is 0 Å². The zero-order valence-electron chi connectivity index (χ0n) is 17.6. The Bertz CT molecular complexity index is 1550. The van der Waals surface area contributed by atoms with Gasteiger partial charge in [0, 0.05) is 51.9 Å². The van der Waals surface area contributed by atoms with Crippen molar-refractivity contribution >= 4 is 28.6 Å². The Labute approximate surface area is 193 Å². The van der Waals surface area contributed by atoms with Crippen LogP contribution in [0.15, 0.2) is 72.0 Å². The van der Waals surface area contributed by atoms with Crippen molar-refractivity contribution in [2.45, 2.75) is 13.5 Å². The van der Waals surface area contributed by atoms with Gasteiger partial charge in [-0.25, -0.2) is 4.98 Å². The number of anilines is 1. The molecule has 1 aromatic carbocycles. The average molecular weight is 456 g/mol.